The third kappa shape index (κ3) is 4.86. The molecule has 16 heavy (non-hydrogen) atoms. The second-order valence-corrected chi connectivity index (χ2v) is 4.66. The Labute approximate surface area is 103 Å². The first-order valence-electron chi connectivity index (χ1n) is 5.72. The van der Waals surface area contributed by atoms with E-state index in [1.807, 2.05) is 25.1 Å². The standard InChI is InChI=1S/C13H20ClNO/c1-10(2)15-7-4-8-16-13-9-12(14)6-5-11(13)3/h5-6,9-10,15H,4,7-8H2,1-3H3. The second-order valence-electron chi connectivity index (χ2n) is 4.22. The Bertz CT molecular complexity index is 326. The molecule has 90 valence electrons. The van der Waals surface area contributed by atoms with Crippen molar-refractivity contribution in [3.63, 3.8) is 0 Å². The first-order valence-corrected chi connectivity index (χ1v) is 6.09. The monoisotopic (exact) mass is 241 g/mol. The Kier molecular flexibility index (Phi) is 5.64. The van der Waals surface area contributed by atoms with Crippen molar-refractivity contribution in [1.29, 1.82) is 0 Å². The van der Waals surface area contributed by atoms with Crippen LogP contribution < -0.4 is 10.1 Å². The van der Waals surface area contributed by atoms with E-state index < -0.39 is 0 Å². The van der Waals surface area contributed by atoms with Crippen molar-refractivity contribution in [2.75, 3.05) is 13.2 Å². The zero-order chi connectivity index (χ0) is 12.0. The average Bonchev–Trinajstić information content (AvgIpc) is 2.22. The van der Waals surface area contributed by atoms with Crippen molar-refractivity contribution >= 4 is 11.6 Å². The van der Waals surface area contributed by atoms with Crippen LogP contribution in [-0.4, -0.2) is 19.2 Å². The summed E-state index contributed by atoms with van der Waals surface area (Å²) in [4.78, 5) is 0. The highest BCUT2D eigenvalue weighted by Gasteiger charge is 2.00. The molecule has 0 radical (unpaired) electrons. The van der Waals surface area contributed by atoms with Crippen LogP contribution in [0.3, 0.4) is 0 Å². The van der Waals surface area contributed by atoms with Crippen LogP contribution in [0.1, 0.15) is 25.8 Å². The fraction of sp³-hybridized carbons (Fsp3) is 0.538. The molecule has 1 aromatic rings. The van der Waals surface area contributed by atoms with E-state index in [2.05, 4.69) is 19.2 Å². The number of ether oxygens (including phenoxy) is 1. The van der Waals surface area contributed by atoms with Crippen LogP contribution in [-0.2, 0) is 0 Å². The Morgan fingerprint density at radius 3 is 2.81 bits per heavy atom. The Morgan fingerprint density at radius 2 is 2.12 bits per heavy atom. The van der Waals surface area contributed by atoms with E-state index in [9.17, 15) is 0 Å². The molecule has 2 nitrogen and oxygen atoms in total. The summed E-state index contributed by atoms with van der Waals surface area (Å²) in [6.07, 6.45) is 1.00. The summed E-state index contributed by atoms with van der Waals surface area (Å²) in [6.45, 7) is 8.01. The van der Waals surface area contributed by atoms with Gasteiger partial charge in [0.1, 0.15) is 5.75 Å². The molecule has 0 atom stereocenters. The predicted octanol–water partition coefficient (Wildman–Crippen LogP) is 3.42. The molecule has 0 fully saturated rings. The van der Waals surface area contributed by atoms with E-state index in [0.29, 0.717) is 6.04 Å². The maximum atomic E-state index is 5.91. The van der Waals surface area contributed by atoms with Gasteiger partial charge in [-0.15, -0.1) is 0 Å². The quantitative estimate of drug-likeness (QED) is 0.771. The van der Waals surface area contributed by atoms with Gasteiger partial charge in [-0.3, -0.25) is 0 Å². The number of aryl methyl sites for hydroxylation is 1. The molecule has 0 aliphatic carbocycles. The Hall–Kier alpha value is -0.730. The molecule has 0 spiro atoms. The van der Waals surface area contributed by atoms with E-state index in [0.717, 1.165) is 35.9 Å². The van der Waals surface area contributed by atoms with Gasteiger partial charge >= 0.3 is 0 Å². The number of benzene rings is 1. The summed E-state index contributed by atoms with van der Waals surface area (Å²) < 4.78 is 5.67. The first-order chi connectivity index (χ1) is 7.59. The van der Waals surface area contributed by atoms with E-state index in [4.69, 9.17) is 16.3 Å². The zero-order valence-electron chi connectivity index (χ0n) is 10.2. The minimum Gasteiger partial charge on any atom is -0.493 e. The summed E-state index contributed by atoms with van der Waals surface area (Å²) in [5.74, 6) is 0.886. The van der Waals surface area contributed by atoms with Gasteiger partial charge in [-0.25, -0.2) is 0 Å². The van der Waals surface area contributed by atoms with Gasteiger partial charge in [0, 0.05) is 11.1 Å². The fourth-order valence-corrected chi connectivity index (χ4v) is 1.54. The molecule has 0 heterocycles. The van der Waals surface area contributed by atoms with Gasteiger partial charge in [0.2, 0.25) is 0 Å². The summed E-state index contributed by atoms with van der Waals surface area (Å²) in [7, 11) is 0. The second kappa shape index (κ2) is 6.77. The zero-order valence-corrected chi connectivity index (χ0v) is 11.0. The van der Waals surface area contributed by atoms with Gasteiger partial charge in [-0.1, -0.05) is 31.5 Å². The summed E-state index contributed by atoms with van der Waals surface area (Å²) >= 11 is 5.91. The van der Waals surface area contributed by atoms with Gasteiger partial charge in [0.15, 0.2) is 0 Å². The lowest BCUT2D eigenvalue weighted by molar-refractivity contribution is 0.304. The van der Waals surface area contributed by atoms with E-state index >= 15 is 0 Å². The molecule has 0 aliphatic rings. The Balaban J connectivity index is 2.29. The SMILES string of the molecule is Cc1ccc(Cl)cc1OCCCNC(C)C. The smallest absolute Gasteiger partial charge is 0.123 e. The van der Waals surface area contributed by atoms with Crippen LogP contribution in [0.15, 0.2) is 18.2 Å². The highest BCUT2D eigenvalue weighted by atomic mass is 35.5. The van der Waals surface area contributed by atoms with Crippen LogP contribution in [0, 0.1) is 6.92 Å². The lowest BCUT2D eigenvalue weighted by atomic mass is 10.2. The molecule has 1 rings (SSSR count). The highest BCUT2D eigenvalue weighted by Crippen LogP contribution is 2.22. The molecular formula is C13H20ClNO. The van der Waals surface area contributed by atoms with Crippen LogP contribution >= 0.6 is 11.6 Å². The predicted molar refractivity (Wildman–Crippen MR) is 69.4 cm³/mol. The molecule has 1 aromatic carbocycles. The van der Waals surface area contributed by atoms with E-state index in [-0.39, 0.29) is 0 Å². The maximum absolute atomic E-state index is 5.91. The first kappa shape index (κ1) is 13.3. The van der Waals surface area contributed by atoms with Crippen LogP contribution in [0.5, 0.6) is 5.75 Å². The minimum absolute atomic E-state index is 0.535. The van der Waals surface area contributed by atoms with Crippen molar-refractivity contribution in [3.05, 3.63) is 28.8 Å². The van der Waals surface area contributed by atoms with Crippen molar-refractivity contribution < 1.29 is 4.74 Å². The minimum atomic E-state index is 0.535. The number of hydrogen-bond donors (Lipinski definition) is 1. The van der Waals surface area contributed by atoms with Crippen LogP contribution in [0.4, 0.5) is 0 Å². The molecule has 0 aliphatic heterocycles. The van der Waals surface area contributed by atoms with Gasteiger partial charge < -0.3 is 10.1 Å². The maximum Gasteiger partial charge on any atom is 0.123 e. The summed E-state index contributed by atoms with van der Waals surface area (Å²) in [5, 5.41) is 4.07. The fourth-order valence-electron chi connectivity index (χ4n) is 1.37. The topological polar surface area (TPSA) is 21.3 Å². The van der Waals surface area contributed by atoms with Crippen LogP contribution in [0.2, 0.25) is 5.02 Å². The third-order valence-electron chi connectivity index (χ3n) is 2.28. The van der Waals surface area contributed by atoms with Crippen molar-refractivity contribution in [2.24, 2.45) is 0 Å². The number of halogens is 1. The largest absolute Gasteiger partial charge is 0.493 e. The number of rotatable bonds is 6. The lowest BCUT2D eigenvalue weighted by Gasteiger charge is -2.11. The molecule has 0 saturated heterocycles. The number of nitrogens with one attached hydrogen (secondary N) is 1. The van der Waals surface area contributed by atoms with Crippen molar-refractivity contribution in [3.8, 4) is 5.75 Å². The summed E-state index contributed by atoms with van der Waals surface area (Å²) in [6, 6.07) is 6.26. The molecule has 1 N–H and O–H groups in total. The van der Waals surface area contributed by atoms with Gasteiger partial charge in [-0.05, 0) is 37.6 Å². The molecule has 3 heteroatoms. The van der Waals surface area contributed by atoms with E-state index in [1.165, 1.54) is 0 Å². The third-order valence-corrected chi connectivity index (χ3v) is 2.52. The average molecular weight is 242 g/mol. The highest BCUT2D eigenvalue weighted by molar-refractivity contribution is 6.30. The van der Waals surface area contributed by atoms with Crippen LogP contribution in [0.25, 0.3) is 0 Å². The lowest BCUT2D eigenvalue weighted by Crippen LogP contribution is -2.24. The molecular weight excluding hydrogens is 222 g/mol. The molecule has 0 aromatic heterocycles. The van der Waals surface area contributed by atoms with Gasteiger partial charge in [0.05, 0.1) is 6.61 Å². The molecule has 0 amide bonds. The van der Waals surface area contributed by atoms with Crippen molar-refractivity contribution in [1.82, 2.24) is 5.32 Å². The van der Waals surface area contributed by atoms with Gasteiger partial charge in [0.25, 0.3) is 0 Å². The molecule has 0 unspecified atom stereocenters. The summed E-state index contributed by atoms with van der Waals surface area (Å²) in [5.41, 5.74) is 1.13. The molecule has 0 saturated carbocycles. The number of hydrogen-bond acceptors (Lipinski definition) is 2. The van der Waals surface area contributed by atoms with Gasteiger partial charge in [-0.2, -0.15) is 0 Å². The Morgan fingerprint density at radius 1 is 1.38 bits per heavy atom. The molecule has 0 bridgehead atoms. The van der Waals surface area contributed by atoms with Crippen molar-refractivity contribution in [2.45, 2.75) is 33.2 Å². The van der Waals surface area contributed by atoms with E-state index in [1.54, 1.807) is 0 Å². The normalized spacial score (nSPS) is 10.8.